The van der Waals surface area contributed by atoms with E-state index >= 15 is 0 Å². The molecule has 0 saturated heterocycles. The van der Waals surface area contributed by atoms with Crippen molar-refractivity contribution in [2.45, 2.75) is 6.92 Å². The molecular weight excluding hydrogens is 355 g/mol. The van der Waals surface area contributed by atoms with Gasteiger partial charge >= 0.3 is 5.97 Å². The average Bonchev–Trinajstić information content (AvgIpc) is 3.20. The van der Waals surface area contributed by atoms with Crippen LogP contribution < -0.4 is 5.32 Å². The number of methoxy groups -OCH3 is 1. The molecule has 3 rings (SSSR count). The summed E-state index contributed by atoms with van der Waals surface area (Å²) in [5.74, 6) is -0.994. The number of anilines is 1. The number of rotatable bonds is 6. The predicted octanol–water partition coefficient (Wildman–Crippen LogP) is 0.993. The molecule has 1 amide bonds. The van der Waals surface area contributed by atoms with Gasteiger partial charge in [0, 0.05) is 24.6 Å². The highest BCUT2D eigenvalue weighted by Crippen LogP contribution is 2.25. The first-order valence-electron chi connectivity index (χ1n) is 8.24. The Morgan fingerprint density at radius 3 is 2.81 bits per heavy atom. The number of carbonyl (C=O) groups excluding carboxylic acids is 2. The van der Waals surface area contributed by atoms with Gasteiger partial charge in [0.15, 0.2) is 0 Å². The monoisotopic (exact) mass is 374 g/mol. The molecule has 0 atom stereocenters. The van der Waals surface area contributed by atoms with E-state index in [2.05, 4.69) is 10.3 Å². The maximum atomic E-state index is 14.6. The lowest BCUT2D eigenvalue weighted by atomic mass is 10.2. The van der Waals surface area contributed by atoms with Crippen LogP contribution in [0.2, 0.25) is 0 Å². The van der Waals surface area contributed by atoms with Crippen LogP contribution in [0.25, 0.3) is 5.69 Å². The first kappa shape index (κ1) is 18.6. The van der Waals surface area contributed by atoms with E-state index in [1.165, 1.54) is 18.1 Å². The summed E-state index contributed by atoms with van der Waals surface area (Å²) in [5, 5.41) is 11.9. The maximum Gasteiger partial charge on any atom is 0.337 e. The zero-order valence-electron chi connectivity index (χ0n) is 14.9. The van der Waals surface area contributed by atoms with E-state index in [0.29, 0.717) is 17.2 Å². The van der Waals surface area contributed by atoms with Gasteiger partial charge in [-0.25, -0.2) is 14.2 Å². The number of carbonyl (C=O) groups is 2. The molecule has 1 aliphatic rings. The molecule has 2 heterocycles. The molecule has 0 unspecified atom stereocenters. The fraction of sp³-hybridized carbons (Fsp3) is 0.278. The number of nitrogens with one attached hydrogen (secondary N) is 1. The Morgan fingerprint density at radius 1 is 1.44 bits per heavy atom. The van der Waals surface area contributed by atoms with Crippen LogP contribution in [0.3, 0.4) is 0 Å². The summed E-state index contributed by atoms with van der Waals surface area (Å²) in [4.78, 5) is 29.9. The second kappa shape index (κ2) is 7.58. The molecule has 1 aliphatic heterocycles. The summed E-state index contributed by atoms with van der Waals surface area (Å²) >= 11 is 0. The lowest BCUT2D eigenvalue weighted by molar-refractivity contribution is -0.136. The predicted molar refractivity (Wildman–Crippen MR) is 94.6 cm³/mol. The number of halogens is 1. The fourth-order valence-electron chi connectivity index (χ4n) is 2.91. The number of esters is 1. The molecule has 0 spiro atoms. The molecule has 0 aliphatic carbocycles. The van der Waals surface area contributed by atoms with Crippen LogP contribution in [0, 0.1) is 12.7 Å². The Kier molecular flexibility index (Phi) is 5.22. The number of aryl methyl sites for hydroxylation is 1. The molecule has 2 aromatic rings. The second-order valence-electron chi connectivity index (χ2n) is 5.93. The van der Waals surface area contributed by atoms with Crippen molar-refractivity contribution in [3.63, 3.8) is 0 Å². The third kappa shape index (κ3) is 3.54. The number of aliphatic hydroxyl groups is 1. The van der Waals surface area contributed by atoms with Crippen LogP contribution in [-0.4, -0.2) is 58.2 Å². The van der Waals surface area contributed by atoms with Gasteiger partial charge in [0.1, 0.15) is 17.3 Å². The number of imidazole rings is 1. The van der Waals surface area contributed by atoms with Crippen LogP contribution in [0.4, 0.5) is 10.1 Å². The Bertz CT molecular complexity index is 922. The van der Waals surface area contributed by atoms with Crippen molar-refractivity contribution in [3.8, 4) is 5.69 Å². The van der Waals surface area contributed by atoms with Crippen molar-refractivity contribution in [3.05, 3.63) is 53.5 Å². The van der Waals surface area contributed by atoms with E-state index in [1.54, 1.807) is 36.0 Å². The van der Waals surface area contributed by atoms with Gasteiger partial charge in [-0.1, -0.05) is 0 Å². The van der Waals surface area contributed by atoms with E-state index in [-0.39, 0.29) is 31.0 Å². The summed E-state index contributed by atoms with van der Waals surface area (Å²) in [6, 6.07) is 4.38. The minimum absolute atomic E-state index is 0.0151. The minimum Gasteiger partial charge on any atom is -0.466 e. The number of nitrogens with zero attached hydrogens (tertiary/aromatic N) is 3. The zero-order chi connectivity index (χ0) is 19.6. The molecule has 142 valence electrons. The standard InChI is InChI=1S/C18H19FN4O4/c1-11-20-5-6-23(11)15-4-3-12(9-14(15)19)21-16-13(18(26)27-2)10-22(7-8-24)17(16)25/h3-6,9,21,24H,7-8,10H2,1-2H3. The highest BCUT2D eigenvalue weighted by molar-refractivity contribution is 6.08. The third-order valence-corrected chi connectivity index (χ3v) is 4.26. The van der Waals surface area contributed by atoms with Crippen molar-refractivity contribution in [1.82, 2.24) is 14.5 Å². The lowest BCUT2D eigenvalue weighted by Gasteiger charge is -2.15. The molecule has 27 heavy (non-hydrogen) atoms. The highest BCUT2D eigenvalue weighted by atomic mass is 19.1. The topological polar surface area (TPSA) is 96.7 Å². The summed E-state index contributed by atoms with van der Waals surface area (Å²) in [6.45, 7) is 1.62. The lowest BCUT2D eigenvalue weighted by Crippen LogP contribution is -2.31. The number of aliphatic hydroxyl groups excluding tert-OH is 1. The van der Waals surface area contributed by atoms with E-state index in [0.717, 1.165) is 0 Å². The number of hydrogen-bond donors (Lipinski definition) is 2. The van der Waals surface area contributed by atoms with Crippen LogP contribution >= 0.6 is 0 Å². The van der Waals surface area contributed by atoms with Gasteiger partial charge in [-0.15, -0.1) is 0 Å². The van der Waals surface area contributed by atoms with E-state index in [4.69, 9.17) is 9.84 Å². The van der Waals surface area contributed by atoms with Crippen LogP contribution in [0.5, 0.6) is 0 Å². The summed E-state index contributed by atoms with van der Waals surface area (Å²) in [7, 11) is 1.22. The molecule has 0 saturated carbocycles. The molecule has 0 bridgehead atoms. The zero-order valence-corrected chi connectivity index (χ0v) is 14.9. The van der Waals surface area contributed by atoms with Gasteiger partial charge in [-0.3, -0.25) is 4.79 Å². The quantitative estimate of drug-likeness (QED) is 0.732. The number of ether oxygens (including phenoxy) is 1. The van der Waals surface area contributed by atoms with Gasteiger partial charge in [0.2, 0.25) is 0 Å². The Labute approximate surface area is 154 Å². The van der Waals surface area contributed by atoms with Crippen molar-refractivity contribution < 1.29 is 23.8 Å². The van der Waals surface area contributed by atoms with E-state index in [1.807, 2.05) is 0 Å². The molecule has 0 fully saturated rings. The fourth-order valence-corrected chi connectivity index (χ4v) is 2.91. The average molecular weight is 374 g/mol. The van der Waals surface area contributed by atoms with Gasteiger partial charge in [0.05, 0.1) is 31.5 Å². The number of aromatic nitrogens is 2. The Morgan fingerprint density at radius 2 is 2.22 bits per heavy atom. The number of hydrogen-bond acceptors (Lipinski definition) is 6. The molecule has 1 aromatic carbocycles. The summed E-state index contributed by atoms with van der Waals surface area (Å²) < 4.78 is 20.9. The SMILES string of the molecule is COC(=O)C1=C(Nc2ccc(-n3ccnc3C)c(F)c2)C(=O)N(CCO)C1. The Hall–Kier alpha value is -3.20. The molecule has 1 aromatic heterocycles. The van der Waals surface area contributed by atoms with Crippen molar-refractivity contribution in [2.24, 2.45) is 0 Å². The number of β-amino-alcohol motifs (C(OH)–C–C–N with tert-alkyl or cyclic N) is 1. The summed E-state index contributed by atoms with van der Waals surface area (Å²) in [5.41, 5.74) is 0.772. The molecule has 2 N–H and O–H groups in total. The first-order chi connectivity index (χ1) is 13.0. The van der Waals surface area contributed by atoms with Crippen molar-refractivity contribution in [1.29, 1.82) is 0 Å². The first-order valence-corrected chi connectivity index (χ1v) is 8.24. The van der Waals surface area contributed by atoms with E-state index < -0.39 is 17.7 Å². The second-order valence-corrected chi connectivity index (χ2v) is 5.93. The molecule has 8 nitrogen and oxygen atoms in total. The van der Waals surface area contributed by atoms with Gasteiger partial charge < -0.3 is 24.6 Å². The number of amides is 1. The van der Waals surface area contributed by atoms with Gasteiger partial charge in [0.25, 0.3) is 5.91 Å². The van der Waals surface area contributed by atoms with E-state index in [9.17, 15) is 14.0 Å². The van der Waals surface area contributed by atoms with Crippen LogP contribution in [-0.2, 0) is 14.3 Å². The summed E-state index contributed by atoms with van der Waals surface area (Å²) in [6.07, 6.45) is 3.22. The van der Waals surface area contributed by atoms with Gasteiger partial charge in [-0.2, -0.15) is 0 Å². The number of benzene rings is 1. The highest BCUT2D eigenvalue weighted by Gasteiger charge is 2.34. The van der Waals surface area contributed by atoms with Crippen molar-refractivity contribution in [2.75, 3.05) is 32.1 Å². The van der Waals surface area contributed by atoms with Gasteiger partial charge in [-0.05, 0) is 25.1 Å². The largest absolute Gasteiger partial charge is 0.466 e. The minimum atomic E-state index is -0.655. The molecule has 9 heteroatoms. The third-order valence-electron chi connectivity index (χ3n) is 4.26. The smallest absolute Gasteiger partial charge is 0.337 e. The van der Waals surface area contributed by atoms with Crippen LogP contribution in [0.1, 0.15) is 5.82 Å². The maximum absolute atomic E-state index is 14.6. The normalized spacial score (nSPS) is 14.1. The van der Waals surface area contributed by atoms with Crippen molar-refractivity contribution >= 4 is 17.6 Å². The molecule has 0 radical (unpaired) electrons. The molecular formula is C18H19FN4O4. The Balaban J connectivity index is 1.90. The van der Waals surface area contributed by atoms with Crippen LogP contribution in [0.15, 0.2) is 41.9 Å².